The van der Waals surface area contributed by atoms with Gasteiger partial charge in [0.1, 0.15) is 0 Å². The fraction of sp³-hybridized carbons (Fsp3) is 0.600. The molecule has 1 aromatic rings. The summed E-state index contributed by atoms with van der Waals surface area (Å²) in [5, 5.41) is 11.4. The van der Waals surface area contributed by atoms with Crippen LogP contribution < -0.4 is 0 Å². The second-order valence-corrected chi connectivity index (χ2v) is 4.32. The summed E-state index contributed by atoms with van der Waals surface area (Å²) in [6.45, 7) is 1.98. The van der Waals surface area contributed by atoms with E-state index in [2.05, 4.69) is 4.98 Å². The summed E-state index contributed by atoms with van der Waals surface area (Å²) >= 11 is 1.56. The minimum Gasteiger partial charge on any atom is -0.481 e. The number of rotatable bonds is 6. The highest BCUT2D eigenvalue weighted by atomic mass is 32.1. The molecule has 1 heterocycles. The Balaban J connectivity index is 2.45. The zero-order valence-electron chi connectivity index (χ0n) is 8.90. The molecule has 0 spiro atoms. The van der Waals surface area contributed by atoms with Crippen molar-refractivity contribution in [1.82, 2.24) is 4.98 Å². The first-order valence-corrected chi connectivity index (χ1v) is 5.67. The Labute approximate surface area is 92.9 Å². The van der Waals surface area contributed by atoms with Gasteiger partial charge >= 0.3 is 5.97 Å². The molecule has 0 bridgehead atoms. The minimum atomic E-state index is -0.783. The second kappa shape index (κ2) is 5.82. The monoisotopic (exact) mass is 229 g/mol. The Bertz CT molecular complexity index is 324. The maximum Gasteiger partial charge on any atom is 0.303 e. The van der Waals surface area contributed by atoms with Gasteiger partial charge in [-0.3, -0.25) is 4.79 Å². The third-order valence-electron chi connectivity index (χ3n) is 2.06. The van der Waals surface area contributed by atoms with E-state index in [0.717, 1.165) is 17.1 Å². The van der Waals surface area contributed by atoms with Crippen LogP contribution in [0.4, 0.5) is 0 Å². The molecule has 1 rings (SSSR count). The molecule has 0 saturated carbocycles. The molecule has 0 aliphatic carbocycles. The molecule has 1 unspecified atom stereocenters. The van der Waals surface area contributed by atoms with Crippen LogP contribution in [-0.4, -0.2) is 29.3 Å². The first-order valence-electron chi connectivity index (χ1n) is 4.79. The maximum atomic E-state index is 10.4. The van der Waals surface area contributed by atoms with Crippen LogP contribution in [0.1, 0.15) is 24.0 Å². The Morgan fingerprint density at radius 2 is 2.47 bits per heavy atom. The summed E-state index contributed by atoms with van der Waals surface area (Å²) in [6.07, 6.45) is 1.59. The Morgan fingerprint density at radius 3 is 3.07 bits per heavy atom. The highest BCUT2D eigenvalue weighted by Gasteiger charge is 2.07. The topological polar surface area (TPSA) is 59.4 Å². The van der Waals surface area contributed by atoms with Crippen molar-refractivity contribution in [2.75, 3.05) is 7.11 Å². The van der Waals surface area contributed by atoms with Crippen LogP contribution in [0.2, 0.25) is 0 Å². The number of hydrogen-bond acceptors (Lipinski definition) is 4. The predicted molar refractivity (Wildman–Crippen MR) is 58.2 cm³/mol. The van der Waals surface area contributed by atoms with Crippen LogP contribution in [0.25, 0.3) is 0 Å². The summed E-state index contributed by atoms with van der Waals surface area (Å²) in [7, 11) is 1.67. The summed E-state index contributed by atoms with van der Waals surface area (Å²) in [5.41, 5.74) is 0.862. The van der Waals surface area contributed by atoms with Crippen LogP contribution in [0.5, 0.6) is 0 Å². The van der Waals surface area contributed by atoms with Crippen LogP contribution in [0, 0.1) is 0 Å². The Morgan fingerprint density at radius 1 is 1.73 bits per heavy atom. The van der Waals surface area contributed by atoms with Crippen LogP contribution >= 0.6 is 11.3 Å². The van der Waals surface area contributed by atoms with Gasteiger partial charge in [-0.1, -0.05) is 0 Å². The fourth-order valence-corrected chi connectivity index (χ4v) is 2.07. The van der Waals surface area contributed by atoms with Crippen LogP contribution in [0.3, 0.4) is 0 Å². The molecule has 0 radical (unpaired) electrons. The van der Waals surface area contributed by atoms with Gasteiger partial charge in [-0.15, -0.1) is 11.3 Å². The van der Waals surface area contributed by atoms with E-state index >= 15 is 0 Å². The van der Waals surface area contributed by atoms with Crippen molar-refractivity contribution in [2.24, 2.45) is 0 Å². The van der Waals surface area contributed by atoms with Gasteiger partial charge in [-0.05, 0) is 6.92 Å². The maximum absolute atomic E-state index is 10.4. The Kier molecular flexibility index (Phi) is 4.71. The van der Waals surface area contributed by atoms with Gasteiger partial charge < -0.3 is 9.84 Å². The highest BCUT2D eigenvalue weighted by molar-refractivity contribution is 7.09. The van der Waals surface area contributed by atoms with E-state index < -0.39 is 5.97 Å². The molecule has 1 aromatic heterocycles. The van der Waals surface area contributed by atoms with Crippen LogP contribution in [0.15, 0.2) is 5.38 Å². The number of carboxylic acid groups (broad SMARTS) is 1. The number of thiazole rings is 1. The smallest absolute Gasteiger partial charge is 0.303 e. The minimum absolute atomic E-state index is 0.142. The van der Waals surface area contributed by atoms with Crippen molar-refractivity contribution in [3.8, 4) is 0 Å². The fourth-order valence-electron chi connectivity index (χ4n) is 1.12. The summed E-state index contributed by atoms with van der Waals surface area (Å²) < 4.78 is 5.13. The number of aryl methyl sites for hydroxylation is 1. The van der Waals surface area contributed by atoms with E-state index in [9.17, 15) is 4.79 Å². The van der Waals surface area contributed by atoms with Gasteiger partial charge in [0.15, 0.2) is 0 Å². The molecular weight excluding hydrogens is 214 g/mol. The Hall–Kier alpha value is -0.940. The molecular formula is C10H15NO3S. The standard InChI is InChI=1S/C10H15NO3S/c1-7(14-2)5-9-11-8(6-15-9)3-4-10(12)13/h6-7H,3-5H2,1-2H3,(H,12,13). The van der Waals surface area contributed by atoms with Crippen molar-refractivity contribution >= 4 is 17.3 Å². The number of ether oxygens (including phenoxy) is 1. The number of aromatic nitrogens is 1. The lowest BCUT2D eigenvalue weighted by Crippen LogP contribution is -2.08. The summed E-state index contributed by atoms with van der Waals surface area (Å²) in [4.78, 5) is 14.7. The average molecular weight is 229 g/mol. The average Bonchev–Trinajstić information content (AvgIpc) is 2.62. The number of aliphatic carboxylic acids is 1. The van der Waals surface area contributed by atoms with Crippen molar-refractivity contribution in [2.45, 2.75) is 32.3 Å². The first kappa shape index (κ1) is 12.1. The molecule has 0 aliphatic rings. The third-order valence-corrected chi connectivity index (χ3v) is 2.98. The van der Waals surface area contributed by atoms with Crippen molar-refractivity contribution in [3.63, 3.8) is 0 Å². The van der Waals surface area contributed by atoms with E-state index in [1.807, 2.05) is 12.3 Å². The van der Waals surface area contributed by atoms with E-state index in [-0.39, 0.29) is 12.5 Å². The van der Waals surface area contributed by atoms with Crippen LogP contribution in [-0.2, 0) is 22.4 Å². The number of hydrogen-bond donors (Lipinski definition) is 1. The molecule has 4 nitrogen and oxygen atoms in total. The normalized spacial score (nSPS) is 12.7. The molecule has 0 aromatic carbocycles. The molecule has 1 N–H and O–H groups in total. The lowest BCUT2D eigenvalue weighted by molar-refractivity contribution is -0.136. The number of nitrogens with zero attached hydrogens (tertiary/aromatic N) is 1. The lowest BCUT2D eigenvalue weighted by Gasteiger charge is -2.05. The SMILES string of the molecule is COC(C)Cc1nc(CCC(=O)O)cs1. The molecule has 0 amide bonds. The zero-order chi connectivity index (χ0) is 11.3. The van der Waals surface area contributed by atoms with Crippen molar-refractivity contribution < 1.29 is 14.6 Å². The summed E-state index contributed by atoms with van der Waals surface area (Å²) in [6, 6.07) is 0. The molecule has 1 atom stereocenters. The molecule has 0 saturated heterocycles. The molecule has 5 heteroatoms. The van der Waals surface area contributed by atoms with Gasteiger partial charge in [0.2, 0.25) is 0 Å². The molecule has 15 heavy (non-hydrogen) atoms. The van der Waals surface area contributed by atoms with Gasteiger partial charge in [0.25, 0.3) is 0 Å². The zero-order valence-corrected chi connectivity index (χ0v) is 9.71. The van der Waals surface area contributed by atoms with Gasteiger partial charge in [-0.2, -0.15) is 0 Å². The van der Waals surface area contributed by atoms with Gasteiger partial charge in [-0.25, -0.2) is 4.98 Å². The quantitative estimate of drug-likeness (QED) is 0.807. The van der Waals surface area contributed by atoms with Crippen molar-refractivity contribution in [1.29, 1.82) is 0 Å². The number of methoxy groups -OCH3 is 1. The van der Waals surface area contributed by atoms with Gasteiger partial charge in [0.05, 0.1) is 23.2 Å². The van der Waals surface area contributed by atoms with E-state index in [0.29, 0.717) is 6.42 Å². The van der Waals surface area contributed by atoms with E-state index in [1.165, 1.54) is 0 Å². The molecule has 84 valence electrons. The largest absolute Gasteiger partial charge is 0.481 e. The van der Waals surface area contributed by atoms with Crippen molar-refractivity contribution in [3.05, 3.63) is 16.1 Å². The summed E-state index contributed by atoms with van der Waals surface area (Å²) in [5.74, 6) is -0.783. The molecule has 0 aliphatic heterocycles. The lowest BCUT2D eigenvalue weighted by atomic mass is 10.2. The second-order valence-electron chi connectivity index (χ2n) is 3.38. The van der Waals surface area contributed by atoms with Gasteiger partial charge in [0, 0.05) is 25.3 Å². The highest BCUT2D eigenvalue weighted by Crippen LogP contribution is 2.14. The predicted octanol–water partition coefficient (Wildman–Crippen LogP) is 1.74. The van der Waals surface area contributed by atoms with E-state index in [1.54, 1.807) is 18.4 Å². The van der Waals surface area contributed by atoms with E-state index in [4.69, 9.17) is 9.84 Å². The first-order chi connectivity index (χ1) is 7.11. The molecule has 0 fully saturated rings. The third kappa shape index (κ3) is 4.40. The number of carbonyl (C=O) groups is 1. The number of carboxylic acids is 1.